The van der Waals surface area contributed by atoms with Crippen molar-refractivity contribution in [3.8, 4) is 0 Å². The maximum Gasteiger partial charge on any atom is 0.0713 e. The van der Waals surface area contributed by atoms with E-state index in [1.165, 1.54) is 50.5 Å². The molecule has 0 spiro atoms. The lowest BCUT2D eigenvalue weighted by atomic mass is 10.1. The first-order valence-electron chi connectivity index (χ1n) is 6.35. The van der Waals surface area contributed by atoms with Crippen LogP contribution in [0.3, 0.4) is 0 Å². The summed E-state index contributed by atoms with van der Waals surface area (Å²) in [6, 6.07) is 10.8. The van der Waals surface area contributed by atoms with Gasteiger partial charge in [-0.05, 0) is 18.4 Å². The van der Waals surface area contributed by atoms with Crippen LogP contribution >= 0.6 is 29.8 Å². The van der Waals surface area contributed by atoms with Crippen LogP contribution in [0.15, 0.2) is 30.3 Å². The first-order valence-corrected chi connectivity index (χ1v) is 9.37. The molecule has 0 aliphatic carbocycles. The predicted molar refractivity (Wildman–Crippen MR) is 83.5 cm³/mol. The lowest BCUT2D eigenvalue weighted by molar-refractivity contribution is 0.607. The molecular formula is C14H23Cl2P. The van der Waals surface area contributed by atoms with Crippen molar-refractivity contribution in [2.75, 3.05) is 0 Å². The molecular weight excluding hydrogens is 270 g/mol. The molecule has 0 unspecified atom stereocenters. The van der Waals surface area contributed by atoms with Crippen LogP contribution in [0, 0.1) is 0 Å². The third kappa shape index (κ3) is 12.5. The predicted octanol–water partition coefficient (Wildman–Crippen LogP) is 6.56. The van der Waals surface area contributed by atoms with Gasteiger partial charge in [0.15, 0.2) is 0 Å². The molecule has 1 rings (SSSR count). The van der Waals surface area contributed by atoms with E-state index >= 15 is 0 Å². The normalized spacial score (nSPS) is 9.59. The molecule has 17 heavy (non-hydrogen) atoms. The molecule has 1 aromatic rings. The van der Waals surface area contributed by atoms with Crippen molar-refractivity contribution >= 4 is 29.8 Å². The first-order chi connectivity index (χ1) is 8.35. The monoisotopic (exact) mass is 292 g/mol. The van der Waals surface area contributed by atoms with E-state index in [1.54, 1.807) is 0 Å². The van der Waals surface area contributed by atoms with Crippen LogP contribution < -0.4 is 0 Å². The van der Waals surface area contributed by atoms with Crippen molar-refractivity contribution in [3.05, 3.63) is 35.9 Å². The van der Waals surface area contributed by atoms with Crippen LogP contribution in [0.4, 0.5) is 0 Å². The Balaban J connectivity index is 0.000000770. The highest BCUT2D eigenvalue weighted by Gasteiger charge is 1.92. The summed E-state index contributed by atoms with van der Waals surface area (Å²) < 4.78 is 0. The molecule has 0 bridgehead atoms. The third-order valence-electron chi connectivity index (χ3n) is 2.66. The van der Waals surface area contributed by atoms with Crippen LogP contribution in [0.2, 0.25) is 0 Å². The molecule has 0 nitrogen and oxygen atoms in total. The van der Waals surface area contributed by atoms with Crippen molar-refractivity contribution in [1.29, 1.82) is 0 Å². The van der Waals surface area contributed by atoms with E-state index in [9.17, 15) is 0 Å². The minimum absolute atomic E-state index is 0.0278. The fourth-order valence-electron chi connectivity index (χ4n) is 1.75. The average Bonchev–Trinajstić information content (AvgIpc) is 2.36. The number of hydrogen-bond donors (Lipinski definition) is 0. The molecule has 0 atom stereocenters. The van der Waals surface area contributed by atoms with Gasteiger partial charge in [-0.25, -0.2) is 0 Å². The second-order valence-electron chi connectivity index (χ2n) is 4.07. The molecule has 1 aromatic carbocycles. The number of benzene rings is 1. The van der Waals surface area contributed by atoms with Crippen LogP contribution in [-0.2, 0) is 6.42 Å². The van der Waals surface area contributed by atoms with Gasteiger partial charge in [0.05, 0.1) is 7.29 Å². The van der Waals surface area contributed by atoms with E-state index in [1.807, 2.05) is 0 Å². The number of halogens is 2. The van der Waals surface area contributed by atoms with Gasteiger partial charge in [0.25, 0.3) is 0 Å². The minimum Gasteiger partial charge on any atom is -0.0818 e. The highest BCUT2D eigenvalue weighted by Crippen LogP contribution is 2.19. The Morgan fingerprint density at radius 1 is 0.882 bits per heavy atom. The highest BCUT2D eigenvalue weighted by molar-refractivity contribution is 7.90. The average molecular weight is 293 g/mol. The summed E-state index contributed by atoms with van der Waals surface area (Å²) in [6.45, 7) is 2.27. The second kappa shape index (κ2) is 14.3. The number of unbranched alkanes of at least 4 members (excludes halogenated alkanes) is 5. The molecule has 0 aliphatic heterocycles. The van der Waals surface area contributed by atoms with Crippen molar-refractivity contribution in [2.24, 2.45) is 0 Å². The van der Waals surface area contributed by atoms with E-state index < -0.39 is 0 Å². The van der Waals surface area contributed by atoms with Gasteiger partial charge >= 0.3 is 0 Å². The Labute approximate surface area is 117 Å². The smallest absolute Gasteiger partial charge is 0.0713 e. The third-order valence-corrected chi connectivity index (χ3v) is 2.66. The molecule has 0 heterocycles. The lowest BCUT2D eigenvalue weighted by Crippen LogP contribution is -1.85. The van der Waals surface area contributed by atoms with Crippen LogP contribution in [0.5, 0.6) is 0 Å². The first kappa shape index (κ1) is 17.2. The topological polar surface area (TPSA) is 0 Å². The zero-order chi connectivity index (χ0) is 12.8. The van der Waals surface area contributed by atoms with Gasteiger partial charge in [-0.3, -0.25) is 0 Å². The van der Waals surface area contributed by atoms with Crippen molar-refractivity contribution < 1.29 is 0 Å². The van der Waals surface area contributed by atoms with E-state index in [0.29, 0.717) is 0 Å². The summed E-state index contributed by atoms with van der Waals surface area (Å²) in [6.07, 6.45) is 9.60. The quantitative estimate of drug-likeness (QED) is 0.394. The Bertz CT molecular complexity index is 239. The second-order valence-corrected chi connectivity index (χ2v) is 5.93. The zero-order valence-corrected chi connectivity index (χ0v) is 13.1. The van der Waals surface area contributed by atoms with Gasteiger partial charge in [0, 0.05) is 0 Å². The summed E-state index contributed by atoms with van der Waals surface area (Å²) in [7, 11) is 0.0278. The maximum absolute atomic E-state index is 4.79. The fourth-order valence-corrected chi connectivity index (χ4v) is 1.75. The molecule has 0 N–H and O–H groups in total. The van der Waals surface area contributed by atoms with E-state index in [0.717, 1.165) is 0 Å². The minimum atomic E-state index is 0.0278. The SMILES string of the molecule is CCCCCCCCc1ccccc1.ClPCl. The van der Waals surface area contributed by atoms with E-state index in [4.69, 9.17) is 22.5 Å². The van der Waals surface area contributed by atoms with Crippen molar-refractivity contribution in [3.63, 3.8) is 0 Å². The Morgan fingerprint density at radius 3 is 2.00 bits per heavy atom. The van der Waals surface area contributed by atoms with Crippen molar-refractivity contribution in [1.82, 2.24) is 0 Å². The Hall–Kier alpha value is 0.230. The number of rotatable bonds is 7. The molecule has 0 amide bonds. The summed E-state index contributed by atoms with van der Waals surface area (Å²) in [5.74, 6) is 0. The molecule has 3 heteroatoms. The molecule has 0 aromatic heterocycles. The number of aryl methyl sites for hydroxylation is 1. The largest absolute Gasteiger partial charge is 0.0818 e. The fraction of sp³-hybridized carbons (Fsp3) is 0.571. The van der Waals surface area contributed by atoms with E-state index in [2.05, 4.69) is 37.3 Å². The zero-order valence-electron chi connectivity index (χ0n) is 10.6. The van der Waals surface area contributed by atoms with E-state index in [-0.39, 0.29) is 7.29 Å². The van der Waals surface area contributed by atoms with Gasteiger partial charge in [0.1, 0.15) is 0 Å². The summed E-state index contributed by atoms with van der Waals surface area (Å²) in [5.41, 5.74) is 1.49. The maximum atomic E-state index is 4.79. The Kier molecular flexibility index (Phi) is 14.5. The van der Waals surface area contributed by atoms with Crippen LogP contribution in [-0.4, -0.2) is 0 Å². The van der Waals surface area contributed by atoms with Gasteiger partial charge < -0.3 is 0 Å². The molecule has 0 saturated heterocycles. The lowest BCUT2D eigenvalue weighted by Gasteiger charge is -2.01. The molecule has 98 valence electrons. The molecule has 0 fully saturated rings. The highest BCUT2D eigenvalue weighted by atomic mass is 35.9. The van der Waals surface area contributed by atoms with Gasteiger partial charge in [-0.1, -0.05) is 91.8 Å². The molecule has 0 aliphatic rings. The Morgan fingerprint density at radius 2 is 1.41 bits per heavy atom. The standard InChI is InChI=1S/C14H22.Cl2HP/c1-2-3-4-5-6-8-11-14-12-9-7-10-13-14;1-3-2/h7,9-10,12-13H,2-6,8,11H2,1H3;3H. The van der Waals surface area contributed by atoms with Gasteiger partial charge in [-0.15, -0.1) is 0 Å². The summed E-state index contributed by atoms with van der Waals surface area (Å²) >= 11 is 9.58. The summed E-state index contributed by atoms with van der Waals surface area (Å²) in [4.78, 5) is 0. The van der Waals surface area contributed by atoms with Crippen molar-refractivity contribution in [2.45, 2.75) is 51.9 Å². The van der Waals surface area contributed by atoms with Gasteiger partial charge in [-0.2, -0.15) is 0 Å². The molecule has 0 saturated carbocycles. The van der Waals surface area contributed by atoms with Crippen LogP contribution in [0.1, 0.15) is 51.0 Å². The number of hydrogen-bond acceptors (Lipinski definition) is 0. The van der Waals surface area contributed by atoms with Gasteiger partial charge in [0.2, 0.25) is 0 Å². The summed E-state index contributed by atoms with van der Waals surface area (Å²) in [5, 5.41) is 0. The molecule has 0 radical (unpaired) electrons. The van der Waals surface area contributed by atoms with Crippen LogP contribution in [0.25, 0.3) is 0 Å².